The number of carboxylic acid groups (broad SMARTS) is 1. The molecule has 1 unspecified atom stereocenters. The lowest BCUT2D eigenvalue weighted by Gasteiger charge is -2.16. The molecule has 0 fully saturated rings. The molecule has 1 atom stereocenters. The molecule has 33 heavy (non-hydrogen) atoms. The zero-order valence-electron chi connectivity index (χ0n) is 17.0. The number of aromatic nitrogens is 1. The number of thiazole rings is 1. The van der Waals surface area contributed by atoms with Gasteiger partial charge in [0.2, 0.25) is 0 Å². The second-order valence-electron chi connectivity index (χ2n) is 7.46. The van der Waals surface area contributed by atoms with Crippen LogP contribution >= 0.6 is 22.9 Å². The molecular formula is C25H17ClF3NO2S. The van der Waals surface area contributed by atoms with Crippen molar-refractivity contribution in [2.24, 2.45) is 0 Å². The Morgan fingerprint density at radius 1 is 0.970 bits per heavy atom. The first-order valence-electron chi connectivity index (χ1n) is 9.91. The number of carbonyl (C=O) groups is 1. The van der Waals surface area contributed by atoms with Crippen LogP contribution in [0.4, 0.5) is 13.2 Å². The van der Waals surface area contributed by atoms with Gasteiger partial charge in [0.1, 0.15) is 5.01 Å². The second-order valence-corrected chi connectivity index (χ2v) is 8.78. The highest BCUT2D eigenvalue weighted by Gasteiger charge is 2.30. The molecule has 0 aliphatic heterocycles. The van der Waals surface area contributed by atoms with Crippen LogP contribution in [0.15, 0.2) is 78.2 Å². The number of alkyl halides is 3. The number of hydrogen-bond acceptors (Lipinski definition) is 3. The Morgan fingerprint density at radius 2 is 1.61 bits per heavy atom. The molecule has 0 bridgehead atoms. The lowest BCUT2D eigenvalue weighted by molar-refractivity contribution is -0.137. The first-order valence-corrected chi connectivity index (χ1v) is 11.2. The Balaban J connectivity index is 1.65. The van der Waals surface area contributed by atoms with Gasteiger partial charge in [-0.05, 0) is 53.9 Å². The van der Waals surface area contributed by atoms with Gasteiger partial charge in [0.05, 0.1) is 16.8 Å². The van der Waals surface area contributed by atoms with Crippen molar-refractivity contribution in [2.45, 2.75) is 18.5 Å². The Hall–Kier alpha value is -3.16. The molecule has 0 aliphatic carbocycles. The van der Waals surface area contributed by atoms with E-state index in [1.807, 2.05) is 17.5 Å². The van der Waals surface area contributed by atoms with E-state index < -0.39 is 17.7 Å². The van der Waals surface area contributed by atoms with Gasteiger partial charge < -0.3 is 5.11 Å². The number of carboxylic acids is 1. The number of benzene rings is 3. The molecule has 8 heteroatoms. The lowest BCUT2D eigenvalue weighted by Crippen LogP contribution is -2.06. The Labute approximate surface area is 197 Å². The summed E-state index contributed by atoms with van der Waals surface area (Å²) < 4.78 is 38.6. The zero-order valence-corrected chi connectivity index (χ0v) is 18.6. The standard InChI is InChI=1S/C25H17ClF3NO2S/c26-20-11-7-16(8-12-20)21(13-15-1-3-18(4-2-15)24(31)32)23-30-22(14-33-23)17-5-9-19(10-6-17)25(27,28)29/h1-12,14,21H,13H2,(H,31,32). The van der Waals surface area contributed by atoms with Crippen molar-refractivity contribution in [1.82, 2.24) is 4.98 Å². The first kappa shape index (κ1) is 23.0. The minimum Gasteiger partial charge on any atom is -0.478 e. The molecule has 0 radical (unpaired) electrons. The summed E-state index contributed by atoms with van der Waals surface area (Å²) in [4.78, 5) is 15.9. The van der Waals surface area contributed by atoms with Crippen LogP contribution in [0.3, 0.4) is 0 Å². The Morgan fingerprint density at radius 3 is 2.18 bits per heavy atom. The molecule has 4 aromatic rings. The summed E-state index contributed by atoms with van der Waals surface area (Å²) in [5.74, 6) is -1.12. The second kappa shape index (κ2) is 9.37. The van der Waals surface area contributed by atoms with E-state index in [4.69, 9.17) is 21.7 Å². The van der Waals surface area contributed by atoms with Crippen LogP contribution in [0.5, 0.6) is 0 Å². The summed E-state index contributed by atoms with van der Waals surface area (Å²) in [5, 5.41) is 12.4. The van der Waals surface area contributed by atoms with Crippen molar-refractivity contribution in [3.8, 4) is 11.3 Å². The fourth-order valence-electron chi connectivity index (χ4n) is 3.47. The highest BCUT2D eigenvalue weighted by molar-refractivity contribution is 7.10. The van der Waals surface area contributed by atoms with Crippen molar-refractivity contribution in [1.29, 1.82) is 0 Å². The largest absolute Gasteiger partial charge is 0.478 e. The Kier molecular flexibility index (Phi) is 6.54. The molecular weight excluding hydrogens is 471 g/mol. The molecule has 1 heterocycles. The van der Waals surface area contributed by atoms with Gasteiger partial charge in [-0.3, -0.25) is 0 Å². The molecule has 3 nitrogen and oxygen atoms in total. The van der Waals surface area contributed by atoms with Crippen LogP contribution in [0.1, 0.15) is 38.0 Å². The third-order valence-corrected chi connectivity index (χ3v) is 6.45. The molecule has 1 N–H and O–H groups in total. The van der Waals surface area contributed by atoms with E-state index in [1.165, 1.54) is 23.5 Å². The summed E-state index contributed by atoms with van der Waals surface area (Å²) in [6.45, 7) is 0. The third-order valence-electron chi connectivity index (χ3n) is 5.24. The van der Waals surface area contributed by atoms with E-state index in [0.717, 1.165) is 28.3 Å². The summed E-state index contributed by atoms with van der Waals surface area (Å²) in [5.41, 5.74) is 2.63. The molecule has 3 aromatic carbocycles. The van der Waals surface area contributed by atoms with E-state index in [-0.39, 0.29) is 11.5 Å². The van der Waals surface area contributed by atoms with Crippen molar-refractivity contribution in [3.63, 3.8) is 0 Å². The van der Waals surface area contributed by atoms with Crippen LogP contribution in [0.2, 0.25) is 5.02 Å². The molecule has 0 spiro atoms. The first-order chi connectivity index (χ1) is 15.7. The van der Waals surface area contributed by atoms with Gasteiger partial charge in [-0.2, -0.15) is 13.2 Å². The molecule has 0 saturated heterocycles. The van der Waals surface area contributed by atoms with Crippen molar-refractivity contribution >= 4 is 28.9 Å². The quantitative estimate of drug-likeness (QED) is 0.305. The average Bonchev–Trinajstić information content (AvgIpc) is 3.28. The number of hydrogen-bond donors (Lipinski definition) is 1. The maximum atomic E-state index is 12.9. The van der Waals surface area contributed by atoms with Crippen LogP contribution in [-0.4, -0.2) is 16.1 Å². The Bertz CT molecular complexity index is 1250. The van der Waals surface area contributed by atoms with Crippen molar-refractivity contribution in [2.75, 3.05) is 0 Å². The fraction of sp³-hybridized carbons (Fsp3) is 0.120. The number of rotatable bonds is 6. The minimum absolute atomic E-state index is 0.133. The van der Waals surface area contributed by atoms with E-state index in [2.05, 4.69) is 0 Å². The smallest absolute Gasteiger partial charge is 0.416 e. The van der Waals surface area contributed by atoms with Gasteiger partial charge >= 0.3 is 12.1 Å². The SMILES string of the molecule is O=C(O)c1ccc(CC(c2ccc(Cl)cc2)c2nc(-c3ccc(C(F)(F)F)cc3)cs2)cc1. The summed E-state index contributed by atoms with van der Waals surface area (Å²) in [6, 6.07) is 19.0. The van der Waals surface area contributed by atoms with E-state index in [1.54, 1.807) is 36.4 Å². The van der Waals surface area contributed by atoms with Crippen molar-refractivity contribution < 1.29 is 23.1 Å². The summed E-state index contributed by atoms with van der Waals surface area (Å²) in [6.07, 6.45) is -3.82. The normalized spacial score (nSPS) is 12.5. The maximum Gasteiger partial charge on any atom is 0.416 e. The maximum absolute atomic E-state index is 12.9. The van der Waals surface area contributed by atoms with Gasteiger partial charge in [-0.15, -0.1) is 11.3 Å². The monoisotopic (exact) mass is 487 g/mol. The number of nitrogens with zero attached hydrogens (tertiary/aromatic N) is 1. The molecule has 4 rings (SSSR count). The molecule has 0 amide bonds. The summed E-state index contributed by atoms with van der Waals surface area (Å²) >= 11 is 7.48. The van der Waals surface area contributed by atoms with Crippen LogP contribution < -0.4 is 0 Å². The van der Waals surface area contributed by atoms with Gasteiger partial charge in [0.15, 0.2) is 0 Å². The summed E-state index contributed by atoms with van der Waals surface area (Å²) in [7, 11) is 0. The van der Waals surface area contributed by atoms with Gasteiger partial charge in [-0.25, -0.2) is 9.78 Å². The highest BCUT2D eigenvalue weighted by atomic mass is 35.5. The van der Waals surface area contributed by atoms with Crippen LogP contribution in [0.25, 0.3) is 11.3 Å². The van der Waals surface area contributed by atoms with E-state index in [9.17, 15) is 18.0 Å². The van der Waals surface area contributed by atoms with Crippen LogP contribution in [-0.2, 0) is 12.6 Å². The lowest BCUT2D eigenvalue weighted by atomic mass is 9.92. The molecule has 1 aromatic heterocycles. The molecule has 0 aliphatic rings. The zero-order chi connectivity index (χ0) is 23.6. The average molecular weight is 488 g/mol. The highest BCUT2D eigenvalue weighted by Crippen LogP contribution is 2.35. The topological polar surface area (TPSA) is 50.2 Å². The number of aromatic carboxylic acids is 1. The fourth-order valence-corrected chi connectivity index (χ4v) is 4.55. The number of halogens is 4. The van der Waals surface area contributed by atoms with E-state index >= 15 is 0 Å². The van der Waals surface area contributed by atoms with Crippen molar-refractivity contribution in [3.05, 3.63) is 110 Å². The van der Waals surface area contributed by atoms with E-state index in [0.29, 0.717) is 22.7 Å². The van der Waals surface area contributed by atoms with Crippen LogP contribution in [0, 0.1) is 0 Å². The van der Waals surface area contributed by atoms with Gasteiger partial charge in [-0.1, -0.05) is 48.0 Å². The minimum atomic E-state index is -4.39. The molecule has 0 saturated carbocycles. The third kappa shape index (κ3) is 5.43. The predicted octanol–water partition coefficient (Wildman–Crippen LogP) is 7.56. The van der Waals surface area contributed by atoms with Gasteiger partial charge in [0.25, 0.3) is 0 Å². The van der Waals surface area contributed by atoms with Gasteiger partial charge in [0, 0.05) is 21.9 Å². The predicted molar refractivity (Wildman–Crippen MR) is 123 cm³/mol. The molecule has 168 valence electrons.